The van der Waals surface area contributed by atoms with E-state index in [2.05, 4.69) is 10.1 Å². The third kappa shape index (κ3) is 3.27. The Kier molecular flexibility index (Phi) is 4.55. The van der Waals surface area contributed by atoms with Crippen LogP contribution in [0.3, 0.4) is 0 Å². The number of methoxy groups -OCH3 is 2. The van der Waals surface area contributed by atoms with Gasteiger partial charge in [-0.2, -0.15) is 9.50 Å². The van der Waals surface area contributed by atoms with Crippen LogP contribution in [0.5, 0.6) is 11.5 Å². The molecule has 6 nitrogen and oxygen atoms in total. The molecule has 8 heteroatoms. The van der Waals surface area contributed by atoms with Gasteiger partial charge >= 0.3 is 0 Å². The Morgan fingerprint density at radius 1 is 1.07 bits per heavy atom. The molecule has 0 saturated heterocycles. The first-order chi connectivity index (χ1) is 13.1. The lowest BCUT2D eigenvalue weighted by Gasteiger charge is -2.07. The molecule has 0 saturated carbocycles. The van der Waals surface area contributed by atoms with Crippen molar-refractivity contribution in [3.05, 3.63) is 67.9 Å². The van der Waals surface area contributed by atoms with Crippen molar-refractivity contribution in [1.82, 2.24) is 14.6 Å². The molecular weight excluding hydrogens is 386 g/mol. The number of hydrogen-bond acceptors (Lipinski definition) is 6. The van der Waals surface area contributed by atoms with Gasteiger partial charge < -0.3 is 9.47 Å². The fourth-order valence-electron chi connectivity index (χ4n) is 2.65. The summed E-state index contributed by atoms with van der Waals surface area (Å²) in [5.74, 6) is 1.73. The van der Waals surface area contributed by atoms with Gasteiger partial charge in [0.25, 0.3) is 5.56 Å². The Morgan fingerprint density at radius 3 is 2.48 bits per heavy atom. The van der Waals surface area contributed by atoms with Crippen LogP contribution >= 0.6 is 22.9 Å². The largest absolute Gasteiger partial charge is 0.493 e. The van der Waals surface area contributed by atoms with E-state index >= 15 is 0 Å². The van der Waals surface area contributed by atoms with Gasteiger partial charge in [0.1, 0.15) is 0 Å². The highest BCUT2D eigenvalue weighted by atomic mass is 35.5. The number of hydrogen-bond donors (Lipinski definition) is 0. The Bertz CT molecular complexity index is 1230. The lowest BCUT2D eigenvalue weighted by molar-refractivity contribution is 0.355. The standard InChI is InChI=1S/C19H14ClN3O3S/c1-25-14-8-3-11(9-15(14)26-2)10-16-18(24)23-19(27-16)21-17(22-23)12-4-6-13(20)7-5-12/h3-10H,1-2H3/b16-10+. The predicted molar refractivity (Wildman–Crippen MR) is 106 cm³/mol. The highest BCUT2D eigenvalue weighted by molar-refractivity contribution is 7.15. The SMILES string of the molecule is COc1ccc(/C=c2/sc3nc(-c4ccc(Cl)cc4)nn3c2=O)cc1OC. The van der Waals surface area contributed by atoms with E-state index in [4.69, 9.17) is 21.1 Å². The van der Waals surface area contributed by atoms with Gasteiger partial charge in [0, 0.05) is 10.6 Å². The van der Waals surface area contributed by atoms with Gasteiger partial charge in [-0.25, -0.2) is 0 Å². The van der Waals surface area contributed by atoms with Gasteiger partial charge in [-0.3, -0.25) is 4.79 Å². The summed E-state index contributed by atoms with van der Waals surface area (Å²) in [7, 11) is 3.15. The van der Waals surface area contributed by atoms with Crippen LogP contribution in [0, 0.1) is 0 Å². The van der Waals surface area contributed by atoms with Crippen LogP contribution in [0.1, 0.15) is 5.56 Å². The molecule has 0 aliphatic carbocycles. The molecule has 0 radical (unpaired) electrons. The number of nitrogens with zero attached hydrogens (tertiary/aromatic N) is 3. The van der Waals surface area contributed by atoms with Crippen LogP contribution in [0.2, 0.25) is 5.02 Å². The Labute approximate surface area is 163 Å². The minimum Gasteiger partial charge on any atom is -0.493 e. The highest BCUT2D eigenvalue weighted by Gasteiger charge is 2.12. The molecule has 0 amide bonds. The molecule has 0 bridgehead atoms. The van der Waals surface area contributed by atoms with Gasteiger partial charge in [0.05, 0.1) is 18.8 Å². The Balaban J connectivity index is 1.76. The zero-order chi connectivity index (χ0) is 19.0. The van der Waals surface area contributed by atoms with E-state index < -0.39 is 0 Å². The van der Waals surface area contributed by atoms with Crippen LogP contribution in [-0.4, -0.2) is 28.8 Å². The van der Waals surface area contributed by atoms with Crippen molar-refractivity contribution in [3.63, 3.8) is 0 Å². The third-order valence-corrected chi connectivity index (χ3v) is 5.20. The highest BCUT2D eigenvalue weighted by Crippen LogP contribution is 2.27. The molecule has 0 atom stereocenters. The summed E-state index contributed by atoms with van der Waals surface area (Å²) < 4.78 is 12.4. The number of thiazole rings is 1. The molecule has 0 unspecified atom stereocenters. The molecule has 0 spiro atoms. The fraction of sp³-hybridized carbons (Fsp3) is 0.105. The molecule has 136 valence electrons. The van der Waals surface area contributed by atoms with E-state index in [1.54, 1.807) is 38.5 Å². The molecule has 0 N–H and O–H groups in total. The quantitative estimate of drug-likeness (QED) is 0.527. The third-order valence-electron chi connectivity index (χ3n) is 3.99. The molecule has 4 rings (SSSR count). The zero-order valence-electron chi connectivity index (χ0n) is 14.5. The average molecular weight is 400 g/mol. The van der Waals surface area contributed by atoms with Gasteiger partial charge in [-0.05, 0) is 48.0 Å². The summed E-state index contributed by atoms with van der Waals surface area (Å²) in [4.78, 5) is 17.7. The second kappa shape index (κ2) is 7.02. The lowest BCUT2D eigenvalue weighted by Crippen LogP contribution is -2.23. The number of aromatic nitrogens is 3. The van der Waals surface area contributed by atoms with E-state index in [1.165, 1.54) is 15.9 Å². The zero-order valence-corrected chi connectivity index (χ0v) is 16.0. The number of halogens is 1. The summed E-state index contributed by atoms with van der Waals surface area (Å²) >= 11 is 7.19. The Morgan fingerprint density at radius 2 is 1.81 bits per heavy atom. The van der Waals surface area contributed by atoms with Crippen molar-refractivity contribution < 1.29 is 9.47 Å². The van der Waals surface area contributed by atoms with Gasteiger partial charge in [-0.1, -0.05) is 29.0 Å². The molecule has 0 aliphatic rings. The van der Waals surface area contributed by atoms with E-state index in [0.29, 0.717) is 31.8 Å². The smallest absolute Gasteiger partial charge is 0.291 e. The Hall–Kier alpha value is -2.90. The second-order valence-corrected chi connectivity index (χ2v) is 7.11. The average Bonchev–Trinajstić information content (AvgIpc) is 3.22. The van der Waals surface area contributed by atoms with Crippen LogP contribution in [0.25, 0.3) is 22.4 Å². The summed E-state index contributed by atoms with van der Waals surface area (Å²) in [5.41, 5.74) is 1.42. The number of benzene rings is 2. The van der Waals surface area contributed by atoms with Crippen LogP contribution < -0.4 is 19.6 Å². The maximum Gasteiger partial charge on any atom is 0.291 e. The molecule has 2 aromatic heterocycles. The topological polar surface area (TPSA) is 65.7 Å². The van der Waals surface area contributed by atoms with Crippen LogP contribution in [0.15, 0.2) is 47.3 Å². The second-order valence-electron chi connectivity index (χ2n) is 5.67. The number of fused-ring (bicyclic) bond motifs is 1. The molecule has 0 fully saturated rings. The predicted octanol–water partition coefficient (Wildman–Crippen LogP) is 3.04. The normalized spacial score (nSPS) is 11.9. The first-order valence-electron chi connectivity index (χ1n) is 7.98. The maximum atomic E-state index is 12.7. The lowest BCUT2D eigenvalue weighted by atomic mass is 10.2. The molecule has 2 heterocycles. The van der Waals surface area contributed by atoms with Crippen molar-refractivity contribution in [2.24, 2.45) is 0 Å². The van der Waals surface area contributed by atoms with E-state index in [0.717, 1.165) is 11.1 Å². The number of rotatable bonds is 4. The summed E-state index contributed by atoms with van der Waals surface area (Å²) in [6, 6.07) is 12.6. The van der Waals surface area contributed by atoms with E-state index in [1.807, 2.05) is 24.3 Å². The minimum absolute atomic E-state index is 0.211. The minimum atomic E-state index is -0.211. The molecule has 0 aliphatic heterocycles. The fourth-order valence-corrected chi connectivity index (χ4v) is 3.68. The monoisotopic (exact) mass is 399 g/mol. The first kappa shape index (κ1) is 17.5. The van der Waals surface area contributed by atoms with E-state index in [-0.39, 0.29) is 5.56 Å². The van der Waals surface area contributed by atoms with E-state index in [9.17, 15) is 4.79 Å². The maximum absolute atomic E-state index is 12.7. The molecule has 2 aromatic carbocycles. The first-order valence-corrected chi connectivity index (χ1v) is 9.18. The molecule has 27 heavy (non-hydrogen) atoms. The van der Waals surface area contributed by atoms with Gasteiger partial charge in [0.2, 0.25) is 4.96 Å². The van der Waals surface area contributed by atoms with Crippen molar-refractivity contribution in [1.29, 1.82) is 0 Å². The molecular formula is C19H14ClN3O3S. The van der Waals surface area contributed by atoms with Crippen LogP contribution in [-0.2, 0) is 0 Å². The molecule has 4 aromatic rings. The van der Waals surface area contributed by atoms with Crippen LogP contribution in [0.4, 0.5) is 0 Å². The van der Waals surface area contributed by atoms with Gasteiger partial charge in [-0.15, -0.1) is 5.10 Å². The summed E-state index contributed by atoms with van der Waals surface area (Å²) in [6.45, 7) is 0. The van der Waals surface area contributed by atoms with Crippen molar-refractivity contribution in [2.75, 3.05) is 14.2 Å². The van der Waals surface area contributed by atoms with Crippen molar-refractivity contribution >= 4 is 34.0 Å². The van der Waals surface area contributed by atoms with Crippen molar-refractivity contribution in [2.45, 2.75) is 0 Å². The van der Waals surface area contributed by atoms with Crippen molar-refractivity contribution in [3.8, 4) is 22.9 Å². The summed E-state index contributed by atoms with van der Waals surface area (Å²) in [6.07, 6.45) is 1.79. The summed E-state index contributed by atoms with van der Waals surface area (Å²) in [5, 5.41) is 4.97. The number of ether oxygens (including phenoxy) is 2. The van der Waals surface area contributed by atoms with Gasteiger partial charge in [0.15, 0.2) is 17.3 Å².